The van der Waals surface area contributed by atoms with Gasteiger partial charge < -0.3 is 19.6 Å². The van der Waals surface area contributed by atoms with Crippen molar-refractivity contribution in [2.24, 2.45) is 0 Å². The molecule has 4 N–H and O–H groups in total. The van der Waals surface area contributed by atoms with E-state index in [1.807, 2.05) is 0 Å². The summed E-state index contributed by atoms with van der Waals surface area (Å²) in [4.78, 5) is 32.8. The first-order chi connectivity index (χ1) is 4.63. The summed E-state index contributed by atoms with van der Waals surface area (Å²) in [6.07, 6.45) is 0. The third-order valence-corrected chi connectivity index (χ3v) is 2.96. The van der Waals surface area contributed by atoms with Gasteiger partial charge in [-0.1, -0.05) is 11.6 Å². The van der Waals surface area contributed by atoms with Gasteiger partial charge in [0.05, 0.1) is 5.82 Å². The lowest BCUT2D eigenvalue weighted by Crippen LogP contribution is -1.78. The zero-order valence-electron chi connectivity index (χ0n) is 4.96. The first-order valence-electron chi connectivity index (χ1n) is 2.12. The van der Waals surface area contributed by atoms with Crippen LogP contribution in [0.4, 0.5) is 0 Å². The molecule has 0 fully saturated rings. The molecule has 0 aliphatic carbocycles. The Hall–Kier alpha value is 0.330. The predicted molar refractivity (Wildman–Crippen MR) is 38.0 cm³/mol. The highest BCUT2D eigenvalue weighted by molar-refractivity contribution is 7.62. The Morgan fingerprint density at radius 3 is 1.64 bits per heavy atom. The fraction of sp³-hybridized carbons (Fsp3) is 0. The van der Waals surface area contributed by atoms with Gasteiger partial charge in [0.15, 0.2) is 0 Å². The van der Waals surface area contributed by atoms with Crippen molar-refractivity contribution in [2.75, 3.05) is 0 Å². The fourth-order valence-corrected chi connectivity index (χ4v) is 1.93. The molecule has 0 amide bonds. The third-order valence-electron chi connectivity index (χ3n) is 0.553. The summed E-state index contributed by atoms with van der Waals surface area (Å²) in [5, 5.41) is 0. The van der Waals surface area contributed by atoms with Crippen molar-refractivity contribution in [1.29, 1.82) is 0 Å². The molecular weight excluding hydrogens is 217 g/mol. The zero-order chi connectivity index (χ0) is 9.28. The standard InChI is InChI=1S/C2H5ClO6P2/c3-2(11(7,8)9)1-10(4,5)6/h1H,(H2,4,5,6)(H2,7,8,9)/b2-1+. The molecule has 0 rings (SSSR count). The van der Waals surface area contributed by atoms with Crippen LogP contribution in [0.2, 0.25) is 0 Å². The molecule has 0 atom stereocenters. The van der Waals surface area contributed by atoms with Crippen LogP contribution in [0.3, 0.4) is 0 Å². The number of hydrogen-bond donors (Lipinski definition) is 4. The number of rotatable bonds is 2. The van der Waals surface area contributed by atoms with Crippen LogP contribution in [0.1, 0.15) is 0 Å². The zero-order valence-corrected chi connectivity index (χ0v) is 7.50. The van der Waals surface area contributed by atoms with Gasteiger partial charge in [0.2, 0.25) is 0 Å². The van der Waals surface area contributed by atoms with Crippen LogP contribution in [0.5, 0.6) is 0 Å². The molecule has 9 heteroatoms. The molecule has 0 unspecified atom stereocenters. The normalized spacial score (nSPS) is 15.2. The Bertz CT molecular complexity index is 258. The molecule has 11 heavy (non-hydrogen) atoms. The van der Waals surface area contributed by atoms with Crippen molar-refractivity contribution < 1.29 is 28.7 Å². The second kappa shape index (κ2) is 3.37. The lowest BCUT2D eigenvalue weighted by Gasteiger charge is -2.01. The molecular formula is C2H5ClO6P2. The molecule has 0 aliphatic heterocycles. The van der Waals surface area contributed by atoms with Crippen LogP contribution < -0.4 is 0 Å². The molecule has 0 aromatic rings. The van der Waals surface area contributed by atoms with Gasteiger partial charge in [-0.05, 0) is 0 Å². The Balaban J connectivity index is 4.78. The SMILES string of the molecule is O=P(O)(O)/C=C(\Cl)P(=O)(O)O. The van der Waals surface area contributed by atoms with Gasteiger partial charge in [0.25, 0.3) is 0 Å². The van der Waals surface area contributed by atoms with Crippen LogP contribution >= 0.6 is 26.8 Å². The average molecular weight is 222 g/mol. The van der Waals surface area contributed by atoms with Gasteiger partial charge in [0.1, 0.15) is 4.77 Å². The molecule has 0 aromatic carbocycles. The second-order valence-corrected chi connectivity index (χ2v) is 5.26. The minimum absolute atomic E-state index is 0.0231. The smallest absolute Gasteiger partial charge is 0.321 e. The van der Waals surface area contributed by atoms with Gasteiger partial charge >= 0.3 is 15.2 Å². The highest BCUT2D eigenvalue weighted by Crippen LogP contribution is 2.52. The predicted octanol–water partition coefficient (Wildman–Crippen LogP) is 0.380. The molecule has 0 spiro atoms. The Morgan fingerprint density at radius 2 is 1.55 bits per heavy atom. The summed E-state index contributed by atoms with van der Waals surface area (Å²) in [5.41, 5.74) is 0. The van der Waals surface area contributed by atoms with Crippen LogP contribution in [0, 0.1) is 0 Å². The van der Waals surface area contributed by atoms with E-state index < -0.39 is 20.0 Å². The lowest BCUT2D eigenvalue weighted by molar-refractivity contribution is 0.378. The summed E-state index contributed by atoms with van der Waals surface area (Å²) in [7, 11) is -9.32. The van der Waals surface area contributed by atoms with E-state index in [9.17, 15) is 9.13 Å². The van der Waals surface area contributed by atoms with Gasteiger partial charge in [-0.2, -0.15) is 0 Å². The largest absolute Gasteiger partial charge is 0.367 e. The maximum absolute atomic E-state index is 10.2. The van der Waals surface area contributed by atoms with Crippen LogP contribution in [-0.4, -0.2) is 19.6 Å². The summed E-state index contributed by atoms with van der Waals surface area (Å²) >= 11 is 4.85. The highest BCUT2D eigenvalue weighted by atomic mass is 35.5. The van der Waals surface area contributed by atoms with Crippen molar-refractivity contribution in [3.63, 3.8) is 0 Å². The van der Waals surface area contributed by atoms with E-state index in [-0.39, 0.29) is 5.82 Å². The molecule has 0 radical (unpaired) electrons. The van der Waals surface area contributed by atoms with Crippen LogP contribution in [0.25, 0.3) is 0 Å². The summed E-state index contributed by atoms with van der Waals surface area (Å²) in [5.74, 6) is 0.0231. The second-order valence-electron chi connectivity index (χ2n) is 1.58. The van der Waals surface area contributed by atoms with Crippen molar-refractivity contribution >= 4 is 26.8 Å². The number of hydrogen-bond acceptors (Lipinski definition) is 2. The van der Waals surface area contributed by atoms with Crippen LogP contribution in [-0.2, 0) is 9.13 Å². The van der Waals surface area contributed by atoms with Crippen LogP contribution in [0.15, 0.2) is 10.6 Å². The van der Waals surface area contributed by atoms with Crippen molar-refractivity contribution in [2.45, 2.75) is 0 Å². The summed E-state index contributed by atoms with van der Waals surface area (Å²) in [6.45, 7) is 0. The lowest BCUT2D eigenvalue weighted by atomic mass is 11.2. The average Bonchev–Trinajstić information content (AvgIpc) is 1.56. The quantitative estimate of drug-likeness (QED) is 0.502. The molecule has 0 heterocycles. The molecule has 0 saturated heterocycles. The van der Waals surface area contributed by atoms with E-state index >= 15 is 0 Å². The van der Waals surface area contributed by atoms with E-state index in [1.54, 1.807) is 0 Å². The first-order valence-corrected chi connectivity index (χ1v) is 5.80. The maximum Gasteiger partial charge on any atom is 0.367 e. The van der Waals surface area contributed by atoms with Gasteiger partial charge in [-0.15, -0.1) is 0 Å². The van der Waals surface area contributed by atoms with Crippen molar-refractivity contribution in [3.8, 4) is 0 Å². The van der Waals surface area contributed by atoms with E-state index in [0.717, 1.165) is 0 Å². The highest BCUT2D eigenvalue weighted by Gasteiger charge is 2.22. The topological polar surface area (TPSA) is 115 Å². The maximum atomic E-state index is 10.2. The van der Waals surface area contributed by atoms with Gasteiger partial charge in [-0.25, -0.2) is 0 Å². The molecule has 6 nitrogen and oxygen atoms in total. The minimum atomic E-state index is -4.72. The van der Waals surface area contributed by atoms with Gasteiger partial charge in [0, 0.05) is 0 Å². The van der Waals surface area contributed by atoms with E-state index in [1.165, 1.54) is 0 Å². The minimum Gasteiger partial charge on any atom is -0.321 e. The summed E-state index contributed by atoms with van der Waals surface area (Å²) < 4.78 is 19.1. The van der Waals surface area contributed by atoms with Crippen molar-refractivity contribution in [1.82, 2.24) is 0 Å². The number of halogens is 1. The van der Waals surface area contributed by atoms with Crippen molar-refractivity contribution in [3.05, 3.63) is 10.6 Å². The Morgan fingerprint density at radius 1 is 1.18 bits per heavy atom. The molecule has 0 bridgehead atoms. The fourth-order valence-electron chi connectivity index (χ4n) is 0.214. The molecule has 66 valence electrons. The summed E-state index contributed by atoms with van der Waals surface area (Å²) in [6, 6.07) is 0. The van der Waals surface area contributed by atoms with E-state index in [4.69, 9.17) is 31.2 Å². The monoisotopic (exact) mass is 222 g/mol. The Labute approximate surface area is 66.8 Å². The first kappa shape index (κ1) is 11.3. The van der Waals surface area contributed by atoms with E-state index in [0.29, 0.717) is 0 Å². The van der Waals surface area contributed by atoms with Gasteiger partial charge in [-0.3, -0.25) is 9.13 Å². The molecule has 0 aliphatic rings. The third kappa shape index (κ3) is 5.58. The van der Waals surface area contributed by atoms with E-state index in [2.05, 4.69) is 0 Å². The molecule has 0 aromatic heterocycles. The molecule has 0 saturated carbocycles. The Kier molecular flexibility index (Phi) is 3.47.